The van der Waals surface area contributed by atoms with E-state index in [-0.39, 0.29) is 5.91 Å². The van der Waals surface area contributed by atoms with Crippen molar-refractivity contribution in [3.8, 4) is 0 Å². The zero-order valence-electron chi connectivity index (χ0n) is 12.4. The van der Waals surface area contributed by atoms with Crippen LogP contribution < -0.4 is 10.6 Å². The SMILES string of the molecule is CC(=O)NCCN1CCCC(NCC(C)(C)C)C1. The average molecular weight is 255 g/mol. The van der Waals surface area contributed by atoms with Gasteiger partial charge in [-0.15, -0.1) is 0 Å². The maximum absolute atomic E-state index is 10.8. The first kappa shape index (κ1) is 15.4. The van der Waals surface area contributed by atoms with Gasteiger partial charge >= 0.3 is 0 Å². The summed E-state index contributed by atoms with van der Waals surface area (Å²) in [5.41, 5.74) is 0.346. The van der Waals surface area contributed by atoms with Gasteiger partial charge in [0, 0.05) is 39.1 Å². The second-order valence-electron chi connectivity index (χ2n) is 6.56. The Labute approximate surface area is 111 Å². The van der Waals surface area contributed by atoms with Gasteiger partial charge in [-0.25, -0.2) is 0 Å². The Bertz CT molecular complexity index is 260. The molecule has 4 heteroatoms. The van der Waals surface area contributed by atoms with E-state index < -0.39 is 0 Å². The van der Waals surface area contributed by atoms with Crippen molar-refractivity contribution in [3.05, 3.63) is 0 Å². The van der Waals surface area contributed by atoms with Crippen molar-refractivity contribution in [2.45, 2.75) is 46.6 Å². The lowest BCUT2D eigenvalue weighted by Crippen LogP contribution is -2.49. The Balaban J connectivity index is 2.21. The summed E-state index contributed by atoms with van der Waals surface area (Å²) in [6, 6.07) is 0.607. The first-order valence-electron chi connectivity index (χ1n) is 7.07. The molecule has 1 rings (SSSR count). The summed E-state index contributed by atoms with van der Waals surface area (Å²) < 4.78 is 0. The molecule has 1 heterocycles. The van der Waals surface area contributed by atoms with Gasteiger partial charge in [0.1, 0.15) is 0 Å². The number of nitrogens with zero attached hydrogens (tertiary/aromatic N) is 1. The van der Waals surface area contributed by atoms with Crippen molar-refractivity contribution in [1.82, 2.24) is 15.5 Å². The first-order valence-corrected chi connectivity index (χ1v) is 7.07. The van der Waals surface area contributed by atoms with Crippen LogP contribution >= 0.6 is 0 Å². The van der Waals surface area contributed by atoms with Crippen LogP contribution in [0.2, 0.25) is 0 Å². The topological polar surface area (TPSA) is 44.4 Å². The number of amides is 1. The molecule has 1 amide bonds. The van der Waals surface area contributed by atoms with Gasteiger partial charge in [0.15, 0.2) is 0 Å². The molecule has 1 atom stereocenters. The minimum atomic E-state index is 0.0643. The fourth-order valence-corrected chi connectivity index (χ4v) is 2.27. The molecule has 0 aromatic heterocycles. The zero-order chi connectivity index (χ0) is 13.6. The Morgan fingerprint density at radius 3 is 2.72 bits per heavy atom. The van der Waals surface area contributed by atoms with Crippen molar-refractivity contribution >= 4 is 5.91 Å². The van der Waals surface area contributed by atoms with Gasteiger partial charge < -0.3 is 15.5 Å². The summed E-state index contributed by atoms with van der Waals surface area (Å²) in [7, 11) is 0. The van der Waals surface area contributed by atoms with Crippen molar-refractivity contribution < 1.29 is 4.79 Å². The van der Waals surface area contributed by atoms with Crippen LogP contribution in [0.5, 0.6) is 0 Å². The highest BCUT2D eigenvalue weighted by Crippen LogP contribution is 2.14. The molecule has 0 spiro atoms. The highest BCUT2D eigenvalue weighted by atomic mass is 16.1. The number of hydrogen-bond acceptors (Lipinski definition) is 3. The molecular weight excluding hydrogens is 226 g/mol. The smallest absolute Gasteiger partial charge is 0.216 e. The van der Waals surface area contributed by atoms with E-state index in [1.54, 1.807) is 6.92 Å². The summed E-state index contributed by atoms with van der Waals surface area (Å²) in [4.78, 5) is 13.3. The number of piperidine rings is 1. The summed E-state index contributed by atoms with van der Waals surface area (Å²) in [5, 5.41) is 6.52. The Morgan fingerprint density at radius 1 is 1.39 bits per heavy atom. The van der Waals surface area contributed by atoms with E-state index >= 15 is 0 Å². The van der Waals surface area contributed by atoms with E-state index in [1.807, 2.05) is 0 Å². The highest BCUT2D eigenvalue weighted by Gasteiger charge is 2.20. The van der Waals surface area contributed by atoms with E-state index in [4.69, 9.17) is 0 Å². The molecule has 106 valence electrons. The molecule has 18 heavy (non-hydrogen) atoms. The Morgan fingerprint density at radius 2 is 2.11 bits per heavy atom. The third-order valence-electron chi connectivity index (χ3n) is 3.23. The summed E-state index contributed by atoms with van der Waals surface area (Å²) in [5.74, 6) is 0.0643. The quantitative estimate of drug-likeness (QED) is 0.776. The number of carbonyl (C=O) groups is 1. The van der Waals surface area contributed by atoms with Gasteiger partial charge in [-0.1, -0.05) is 20.8 Å². The molecule has 0 bridgehead atoms. The lowest BCUT2D eigenvalue weighted by atomic mass is 9.95. The standard InChI is InChI=1S/C14H29N3O/c1-12(18)15-7-9-17-8-5-6-13(10-17)16-11-14(2,3)4/h13,16H,5-11H2,1-4H3,(H,15,18). The van der Waals surface area contributed by atoms with Crippen LogP contribution in [0.25, 0.3) is 0 Å². The van der Waals surface area contributed by atoms with Crippen LogP contribution in [0, 0.1) is 5.41 Å². The van der Waals surface area contributed by atoms with Gasteiger partial charge in [0.25, 0.3) is 0 Å². The van der Waals surface area contributed by atoms with Gasteiger partial charge in [0.2, 0.25) is 5.91 Å². The minimum Gasteiger partial charge on any atom is -0.355 e. The Hall–Kier alpha value is -0.610. The van der Waals surface area contributed by atoms with E-state index in [0.717, 1.165) is 32.7 Å². The zero-order valence-corrected chi connectivity index (χ0v) is 12.4. The summed E-state index contributed by atoms with van der Waals surface area (Å²) in [6.07, 6.45) is 2.52. The van der Waals surface area contributed by atoms with Crippen molar-refractivity contribution in [3.63, 3.8) is 0 Å². The molecule has 1 aliphatic rings. The van der Waals surface area contributed by atoms with E-state index in [2.05, 4.69) is 36.3 Å². The molecule has 1 unspecified atom stereocenters. The van der Waals surface area contributed by atoms with E-state index in [0.29, 0.717) is 11.5 Å². The number of hydrogen-bond donors (Lipinski definition) is 2. The fourth-order valence-electron chi connectivity index (χ4n) is 2.27. The Kier molecular flexibility index (Phi) is 6.09. The normalized spacial score (nSPS) is 21.9. The second-order valence-corrected chi connectivity index (χ2v) is 6.56. The summed E-state index contributed by atoms with van der Waals surface area (Å²) >= 11 is 0. The van der Waals surface area contributed by atoms with Crippen LogP contribution in [0.4, 0.5) is 0 Å². The number of rotatable bonds is 5. The predicted octanol–water partition coefficient (Wildman–Crippen LogP) is 1.22. The lowest BCUT2D eigenvalue weighted by Gasteiger charge is -2.34. The van der Waals surface area contributed by atoms with Crippen molar-refractivity contribution in [1.29, 1.82) is 0 Å². The molecule has 0 radical (unpaired) electrons. The van der Waals surface area contributed by atoms with Crippen LogP contribution in [0.3, 0.4) is 0 Å². The third kappa shape index (κ3) is 6.97. The molecule has 4 nitrogen and oxygen atoms in total. The monoisotopic (exact) mass is 255 g/mol. The van der Waals surface area contributed by atoms with Gasteiger partial charge in [-0.05, 0) is 24.8 Å². The maximum atomic E-state index is 10.8. The fraction of sp³-hybridized carbons (Fsp3) is 0.929. The second kappa shape index (κ2) is 7.10. The molecule has 1 saturated heterocycles. The molecular formula is C14H29N3O. The van der Waals surface area contributed by atoms with Crippen LogP contribution in [0.1, 0.15) is 40.5 Å². The minimum absolute atomic E-state index is 0.0643. The van der Waals surface area contributed by atoms with Crippen molar-refractivity contribution in [2.24, 2.45) is 5.41 Å². The molecule has 0 aromatic rings. The van der Waals surface area contributed by atoms with Crippen LogP contribution in [-0.2, 0) is 4.79 Å². The molecule has 0 saturated carbocycles. The van der Waals surface area contributed by atoms with Crippen LogP contribution in [0.15, 0.2) is 0 Å². The molecule has 2 N–H and O–H groups in total. The lowest BCUT2D eigenvalue weighted by molar-refractivity contribution is -0.119. The van der Waals surface area contributed by atoms with Crippen LogP contribution in [-0.4, -0.2) is 49.6 Å². The molecule has 1 aliphatic heterocycles. The third-order valence-corrected chi connectivity index (χ3v) is 3.23. The molecule has 0 aliphatic carbocycles. The number of carbonyl (C=O) groups excluding carboxylic acids is 1. The first-order chi connectivity index (χ1) is 8.37. The van der Waals surface area contributed by atoms with E-state index in [9.17, 15) is 4.79 Å². The molecule has 1 fully saturated rings. The predicted molar refractivity (Wildman–Crippen MR) is 75.6 cm³/mol. The van der Waals surface area contributed by atoms with Gasteiger partial charge in [-0.2, -0.15) is 0 Å². The maximum Gasteiger partial charge on any atom is 0.216 e. The van der Waals surface area contributed by atoms with Gasteiger partial charge in [0.05, 0.1) is 0 Å². The van der Waals surface area contributed by atoms with Gasteiger partial charge in [-0.3, -0.25) is 4.79 Å². The van der Waals surface area contributed by atoms with Crippen molar-refractivity contribution in [2.75, 3.05) is 32.7 Å². The van der Waals surface area contributed by atoms with E-state index in [1.165, 1.54) is 12.8 Å². The summed E-state index contributed by atoms with van der Waals surface area (Å²) in [6.45, 7) is 13.4. The number of likely N-dealkylation sites (tertiary alicyclic amines) is 1. The largest absolute Gasteiger partial charge is 0.355 e. The average Bonchev–Trinajstić information content (AvgIpc) is 2.26. The number of nitrogens with one attached hydrogen (secondary N) is 2. The molecule has 0 aromatic carbocycles. The highest BCUT2D eigenvalue weighted by molar-refractivity contribution is 5.72.